The maximum absolute atomic E-state index is 12.6. The van der Waals surface area contributed by atoms with Gasteiger partial charge in [0.2, 0.25) is 10.0 Å². The van der Waals surface area contributed by atoms with E-state index in [4.69, 9.17) is 9.47 Å². The molecule has 6 nitrogen and oxygen atoms in total. The second-order valence-electron chi connectivity index (χ2n) is 5.94. The van der Waals surface area contributed by atoms with E-state index in [9.17, 15) is 8.42 Å². The third-order valence-electron chi connectivity index (χ3n) is 3.79. The van der Waals surface area contributed by atoms with Crippen molar-refractivity contribution < 1.29 is 17.9 Å². The van der Waals surface area contributed by atoms with Crippen LogP contribution in [0.2, 0.25) is 0 Å². The first kappa shape index (κ1) is 18.2. The fourth-order valence-electron chi connectivity index (χ4n) is 2.58. The van der Waals surface area contributed by atoms with Crippen LogP contribution in [0.3, 0.4) is 0 Å². The predicted octanol–water partition coefficient (Wildman–Crippen LogP) is 1.25. The lowest BCUT2D eigenvalue weighted by Crippen LogP contribution is -2.36. The number of hydrogen-bond acceptors (Lipinski definition) is 5. The Labute approximate surface area is 138 Å². The molecule has 23 heavy (non-hydrogen) atoms. The van der Waals surface area contributed by atoms with Gasteiger partial charge in [0.25, 0.3) is 0 Å². The zero-order chi connectivity index (χ0) is 16.9. The molecule has 0 amide bonds. The van der Waals surface area contributed by atoms with Gasteiger partial charge in [-0.1, -0.05) is 6.07 Å². The topological polar surface area (TPSA) is 67.9 Å². The Morgan fingerprint density at radius 1 is 1.43 bits per heavy atom. The van der Waals surface area contributed by atoms with Crippen LogP contribution in [0.4, 0.5) is 0 Å². The Bertz CT molecular complexity index is 619. The molecule has 0 aliphatic carbocycles. The summed E-state index contributed by atoms with van der Waals surface area (Å²) in [5.74, 6) is 0.525. The molecule has 1 aliphatic rings. The number of benzene rings is 1. The van der Waals surface area contributed by atoms with Crippen molar-refractivity contribution in [2.45, 2.75) is 18.7 Å². The van der Waals surface area contributed by atoms with E-state index in [2.05, 4.69) is 9.62 Å². The van der Waals surface area contributed by atoms with Crippen molar-refractivity contribution in [1.82, 2.24) is 9.62 Å². The highest BCUT2D eigenvalue weighted by atomic mass is 32.2. The molecule has 0 spiro atoms. The minimum Gasteiger partial charge on any atom is -0.492 e. The van der Waals surface area contributed by atoms with E-state index >= 15 is 0 Å². The number of hydrogen-bond donors (Lipinski definition) is 1. The van der Waals surface area contributed by atoms with Crippen molar-refractivity contribution in [1.29, 1.82) is 0 Å². The summed E-state index contributed by atoms with van der Waals surface area (Å²) in [5, 5.41) is 0. The number of nitrogens with one attached hydrogen (secondary N) is 1. The molecule has 1 fully saturated rings. The average molecular weight is 342 g/mol. The maximum Gasteiger partial charge on any atom is 0.244 e. The van der Waals surface area contributed by atoms with Crippen LogP contribution in [0, 0.1) is 12.8 Å². The molecular weight excluding hydrogens is 316 g/mol. The van der Waals surface area contributed by atoms with Gasteiger partial charge in [-0.2, -0.15) is 0 Å². The molecule has 2 rings (SSSR count). The molecule has 7 heteroatoms. The molecule has 0 aromatic heterocycles. The number of likely N-dealkylation sites (N-methyl/N-ethyl adjacent to an activating group) is 1. The normalized spacial score (nSPS) is 20.2. The molecule has 1 aliphatic heterocycles. The van der Waals surface area contributed by atoms with Crippen molar-refractivity contribution in [2.24, 2.45) is 5.92 Å². The van der Waals surface area contributed by atoms with E-state index < -0.39 is 10.0 Å². The summed E-state index contributed by atoms with van der Waals surface area (Å²) in [5.41, 5.74) is 0.881. The quantitative estimate of drug-likeness (QED) is 0.843. The minimum atomic E-state index is -3.61. The van der Waals surface area contributed by atoms with Crippen LogP contribution in [0.5, 0.6) is 5.75 Å². The summed E-state index contributed by atoms with van der Waals surface area (Å²) in [7, 11) is -1.60. The van der Waals surface area contributed by atoms with Crippen LogP contribution < -0.4 is 9.46 Å². The summed E-state index contributed by atoms with van der Waals surface area (Å²) in [6, 6.07) is 5.19. The number of aryl methyl sites for hydroxylation is 1. The van der Waals surface area contributed by atoms with E-state index in [-0.39, 0.29) is 10.8 Å². The third kappa shape index (κ3) is 5.17. The van der Waals surface area contributed by atoms with Gasteiger partial charge in [0.15, 0.2) is 0 Å². The number of nitrogens with zero attached hydrogens (tertiary/aromatic N) is 1. The largest absolute Gasteiger partial charge is 0.492 e. The highest BCUT2D eigenvalue weighted by Crippen LogP contribution is 2.25. The average Bonchev–Trinajstić information content (AvgIpc) is 2.71. The number of sulfonamides is 1. The van der Waals surface area contributed by atoms with Gasteiger partial charge in [0, 0.05) is 25.6 Å². The molecule has 0 unspecified atom stereocenters. The molecule has 1 atom stereocenters. The second-order valence-corrected chi connectivity index (χ2v) is 7.67. The standard InChI is InChI=1S/C16H26N2O4S/c1-4-22-15-6-5-13(2)9-16(15)23(19,20)17-10-14-11-18(3)7-8-21-12-14/h5-6,9,14,17H,4,7-8,10-12H2,1-3H3/t14-/m0/s1. The van der Waals surface area contributed by atoms with Gasteiger partial charge in [0.1, 0.15) is 10.6 Å². The van der Waals surface area contributed by atoms with Crippen LogP contribution in [-0.2, 0) is 14.8 Å². The second kappa shape index (κ2) is 8.10. The Morgan fingerprint density at radius 3 is 2.96 bits per heavy atom. The van der Waals surface area contributed by atoms with Crippen LogP contribution >= 0.6 is 0 Å². The Balaban J connectivity index is 2.10. The fraction of sp³-hybridized carbons (Fsp3) is 0.625. The molecule has 130 valence electrons. The van der Waals surface area contributed by atoms with E-state index in [1.807, 2.05) is 27.0 Å². The molecule has 0 bridgehead atoms. The van der Waals surface area contributed by atoms with Crippen LogP contribution in [0.1, 0.15) is 12.5 Å². The van der Waals surface area contributed by atoms with E-state index in [0.717, 1.165) is 18.7 Å². The van der Waals surface area contributed by atoms with Gasteiger partial charge < -0.3 is 14.4 Å². The van der Waals surface area contributed by atoms with Crippen LogP contribution in [-0.4, -0.2) is 59.8 Å². The highest BCUT2D eigenvalue weighted by molar-refractivity contribution is 7.89. The van der Waals surface area contributed by atoms with Gasteiger partial charge >= 0.3 is 0 Å². The Morgan fingerprint density at radius 2 is 2.22 bits per heavy atom. The molecule has 0 saturated carbocycles. The van der Waals surface area contributed by atoms with Gasteiger partial charge in [-0.15, -0.1) is 0 Å². The van der Waals surface area contributed by atoms with Crippen molar-refractivity contribution in [2.75, 3.05) is 46.5 Å². The maximum atomic E-state index is 12.6. The lowest BCUT2D eigenvalue weighted by atomic mass is 10.1. The Kier molecular flexibility index (Phi) is 6.41. The van der Waals surface area contributed by atoms with E-state index in [1.54, 1.807) is 12.1 Å². The minimum absolute atomic E-state index is 0.137. The first-order valence-corrected chi connectivity index (χ1v) is 9.40. The van der Waals surface area contributed by atoms with Gasteiger partial charge in [-0.3, -0.25) is 0 Å². The van der Waals surface area contributed by atoms with Crippen molar-refractivity contribution in [3.63, 3.8) is 0 Å². The summed E-state index contributed by atoms with van der Waals surface area (Å²) in [4.78, 5) is 2.35. The van der Waals surface area contributed by atoms with Crippen molar-refractivity contribution in [3.05, 3.63) is 23.8 Å². The first-order chi connectivity index (χ1) is 10.9. The molecule has 0 radical (unpaired) electrons. The smallest absolute Gasteiger partial charge is 0.244 e. The van der Waals surface area contributed by atoms with E-state index in [1.165, 1.54) is 0 Å². The predicted molar refractivity (Wildman–Crippen MR) is 89.3 cm³/mol. The molecule has 1 saturated heterocycles. The monoisotopic (exact) mass is 342 g/mol. The summed E-state index contributed by atoms with van der Waals surface area (Å²) >= 11 is 0. The summed E-state index contributed by atoms with van der Waals surface area (Å²) in [6.45, 7) is 7.42. The Hall–Kier alpha value is -1.15. The lowest BCUT2D eigenvalue weighted by molar-refractivity contribution is 0.123. The molecule has 1 heterocycles. The summed E-state index contributed by atoms with van der Waals surface area (Å²) < 4.78 is 39.0. The highest BCUT2D eigenvalue weighted by Gasteiger charge is 2.23. The number of rotatable bonds is 6. The van der Waals surface area contributed by atoms with Gasteiger partial charge in [-0.05, 0) is 38.6 Å². The molecule has 1 aromatic rings. The van der Waals surface area contributed by atoms with Gasteiger partial charge in [0.05, 0.1) is 19.8 Å². The zero-order valence-electron chi connectivity index (χ0n) is 14.0. The van der Waals surface area contributed by atoms with E-state index in [0.29, 0.717) is 32.1 Å². The molecular formula is C16H26N2O4S. The first-order valence-electron chi connectivity index (χ1n) is 7.91. The van der Waals surface area contributed by atoms with Gasteiger partial charge in [-0.25, -0.2) is 13.1 Å². The van der Waals surface area contributed by atoms with Crippen molar-refractivity contribution in [3.8, 4) is 5.75 Å². The van der Waals surface area contributed by atoms with Crippen LogP contribution in [0.15, 0.2) is 23.1 Å². The van der Waals surface area contributed by atoms with Crippen molar-refractivity contribution >= 4 is 10.0 Å². The third-order valence-corrected chi connectivity index (χ3v) is 5.24. The molecule has 1 aromatic carbocycles. The summed E-state index contributed by atoms with van der Waals surface area (Å²) in [6.07, 6.45) is 0. The molecule has 1 N–H and O–H groups in total. The fourth-order valence-corrected chi connectivity index (χ4v) is 3.93. The number of ether oxygens (including phenoxy) is 2. The lowest BCUT2D eigenvalue weighted by Gasteiger charge is -2.20. The van der Waals surface area contributed by atoms with Crippen LogP contribution in [0.25, 0.3) is 0 Å². The zero-order valence-corrected chi connectivity index (χ0v) is 14.9. The SMILES string of the molecule is CCOc1ccc(C)cc1S(=O)(=O)NC[C@@H]1COCCN(C)C1.